The lowest BCUT2D eigenvalue weighted by atomic mass is 10.0. The van der Waals surface area contributed by atoms with Gasteiger partial charge in [-0.2, -0.15) is 0 Å². The molecule has 0 bridgehead atoms. The number of esters is 1. The third-order valence-electron chi connectivity index (χ3n) is 3.58. The molecule has 0 radical (unpaired) electrons. The first-order valence-corrected chi connectivity index (χ1v) is 7.65. The Hall–Kier alpha value is -1.84. The lowest BCUT2D eigenvalue weighted by molar-refractivity contribution is -0.143. The standard InChI is InChI=1S/C17H22O4/c1-2-20-17(19)8-5-11-21-14-9-10-15-13(12-14)6-3-4-7-16(15)18/h9-10,12H,2-8,11H2,1H3. The molecule has 1 aliphatic carbocycles. The van der Waals surface area contributed by atoms with Crippen molar-refractivity contribution in [2.24, 2.45) is 0 Å². The van der Waals surface area contributed by atoms with Gasteiger partial charge in [0.2, 0.25) is 0 Å². The molecule has 0 saturated carbocycles. The molecule has 0 amide bonds. The molecule has 0 N–H and O–H groups in total. The minimum Gasteiger partial charge on any atom is -0.494 e. The Morgan fingerprint density at radius 3 is 2.86 bits per heavy atom. The van der Waals surface area contributed by atoms with Crippen molar-refractivity contribution >= 4 is 11.8 Å². The largest absolute Gasteiger partial charge is 0.494 e. The molecule has 4 heteroatoms. The molecule has 0 aromatic heterocycles. The number of rotatable bonds is 6. The van der Waals surface area contributed by atoms with E-state index in [2.05, 4.69) is 0 Å². The molecule has 1 aliphatic rings. The van der Waals surface area contributed by atoms with Crippen molar-refractivity contribution in [3.05, 3.63) is 29.3 Å². The van der Waals surface area contributed by atoms with Gasteiger partial charge in [0.15, 0.2) is 5.78 Å². The van der Waals surface area contributed by atoms with Crippen molar-refractivity contribution < 1.29 is 19.1 Å². The Bertz CT molecular complexity index is 508. The van der Waals surface area contributed by atoms with E-state index in [1.54, 1.807) is 6.92 Å². The second-order valence-electron chi connectivity index (χ2n) is 5.21. The van der Waals surface area contributed by atoms with Gasteiger partial charge in [0.05, 0.1) is 13.2 Å². The average molecular weight is 290 g/mol. The first-order valence-electron chi connectivity index (χ1n) is 7.65. The molecule has 1 aromatic rings. The summed E-state index contributed by atoms with van der Waals surface area (Å²) in [5.74, 6) is 0.817. The van der Waals surface area contributed by atoms with Gasteiger partial charge >= 0.3 is 5.97 Å². The molecule has 21 heavy (non-hydrogen) atoms. The van der Waals surface area contributed by atoms with Crippen molar-refractivity contribution in [3.63, 3.8) is 0 Å². The number of ether oxygens (including phenoxy) is 2. The molecule has 0 fully saturated rings. The van der Waals surface area contributed by atoms with Gasteiger partial charge in [-0.3, -0.25) is 9.59 Å². The van der Waals surface area contributed by atoms with Gasteiger partial charge in [-0.15, -0.1) is 0 Å². The van der Waals surface area contributed by atoms with Crippen LogP contribution in [0.3, 0.4) is 0 Å². The second kappa shape index (κ2) is 7.81. The molecule has 0 atom stereocenters. The summed E-state index contributed by atoms with van der Waals surface area (Å²) in [5, 5.41) is 0. The molecule has 0 saturated heterocycles. The van der Waals surface area contributed by atoms with Crippen molar-refractivity contribution in [1.29, 1.82) is 0 Å². The van der Waals surface area contributed by atoms with E-state index in [4.69, 9.17) is 9.47 Å². The lowest BCUT2D eigenvalue weighted by Crippen LogP contribution is -2.07. The molecule has 4 nitrogen and oxygen atoms in total. The number of aryl methyl sites for hydroxylation is 1. The summed E-state index contributed by atoms with van der Waals surface area (Å²) in [6.45, 7) is 2.69. The predicted octanol–water partition coefficient (Wildman–Crippen LogP) is 3.32. The van der Waals surface area contributed by atoms with E-state index < -0.39 is 0 Å². The van der Waals surface area contributed by atoms with E-state index in [1.165, 1.54) is 0 Å². The van der Waals surface area contributed by atoms with E-state index in [0.29, 0.717) is 32.5 Å². The van der Waals surface area contributed by atoms with Crippen LogP contribution in [0.1, 0.15) is 54.9 Å². The van der Waals surface area contributed by atoms with Crippen molar-refractivity contribution in [3.8, 4) is 5.75 Å². The summed E-state index contributed by atoms with van der Waals surface area (Å²) in [6.07, 6.45) is 4.59. The highest BCUT2D eigenvalue weighted by Crippen LogP contribution is 2.25. The van der Waals surface area contributed by atoms with E-state index in [9.17, 15) is 9.59 Å². The van der Waals surface area contributed by atoms with Gasteiger partial charge in [-0.25, -0.2) is 0 Å². The summed E-state index contributed by atoms with van der Waals surface area (Å²) < 4.78 is 10.5. The quantitative estimate of drug-likeness (QED) is 0.458. The smallest absolute Gasteiger partial charge is 0.305 e. The maximum Gasteiger partial charge on any atom is 0.305 e. The Balaban J connectivity index is 1.86. The van der Waals surface area contributed by atoms with Crippen LogP contribution in [0.25, 0.3) is 0 Å². The summed E-state index contributed by atoms with van der Waals surface area (Å²) in [5.41, 5.74) is 1.92. The topological polar surface area (TPSA) is 52.6 Å². The van der Waals surface area contributed by atoms with Gasteiger partial charge in [-0.05, 0) is 56.4 Å². The molecule has 2 rings (SSSR count). The second-order valence-corrected chi connectivity index (χ2v) is 5.21. The van der Waals surface area contributed by atoms with E-state index >= 15 is 0 Å². The third-order valence-corrected chi connectivity index (χ3v) is 3.58. The van der Waals surface area contributed by atoms with Gasteiger partial charge in [0.25, 0.3) is 0 Å². The summed E-state index contributed by atoms with van der Waals surface area (Å²) in [6, 6.07) is 5.67. The van der Waals surface area contributed by atoms with Gasteiger partial charge < -0.3 is 9.47 Å². The highest BCUT2D eigenvalue weighted by Gasteiger charge is 2.15. The number of Topliss-reactive ketones (excluding diaryl/α,β-unsaturated/α-hetero) is 1. The summed E-state index contributed by atoms with van der Waals surface area (Å²) >= 11 is 0. The molecular weight excluding hydrogens is 268 g/mol. The maximum atomic E-state index is 11.9. The molecule has 1 aromatic carbocycles. The molecule has 114 valence electrons. The number of hydrogen-bond acceptors (Lipinski definition) is 4. The van der Waals surface area contributed by atoms with Gasteiger partial charge in [0, 0.05) is 18.4 Å². The Morgan fingerprint density at radius 2 is 2.05 bits per heavy atom. The van der Waals surface area contributed by atoms with Crippen molar-refractivity contribution in [2.45, 2.75) is 45.4 Å². The Kier molecular flexibility index (Phi) is 5.78. The number of hydrogen-bond donors (Lipinski definition) is 0. The van der Waals surface area contributed by atoms with Crippen LogP contribution >= 0.6 is 0 Å². The minimum atomic E-state index is -0.186. The van der Waals surface area contributed by atoms with Crippen LogP contribution in [0.5, 0.6) is 5.75 Å². The van der Waals surface area contributed by atoms with Crippen LogP contribution in [-0.2, 0) is 16.0 Å². The number of carbonyl (C=O) groups excluding carboxylic acids is 2. The van der Waals surface area contributed by atoms with Gasteiger partial charge in [-0.1, -0.05) is 0 Å². The number of benzene rings is 1. The van der Waals surface area contributed by atoms with Crippen LogP contribution in [0.4, 0.5) is 0 Å². The first kappa shape index (κ1) is 15.5. The van der Waals surface area contributed by atoms with Crippen molar-refractivity contribution in [1.82, 2.24) is 0 Å². The lowest BCUT2D eigenvalue weighted by Gasteiger charge is -2.10. The van der Waals surface area contributed by atoms with E-state index in [-0.39, 0.29) is 11.8 Å². The normalized spacial score (nSPS) is 14.2. The number of ketones is 1. The third kappa shape index (κ3) is 4.59. The zero-order valence-electron chi connectivity index (χ0n) is 12.5. The fourth-order valence-electron chi connectivity index (χ4n) is 2.51. The summed E-state index contributed by atoms with van der Waals surface area (Å²) in [4.78, 5) is 23.1. The molecule has 0 unspecified atom stereocenters. The van der Waals surface area contributed by atoms with Crippen LogP contribution in [0, 0.1) is 0 Å². The van der Waals surface area contributed by atoms with Gasteiger partial charge in [0.1, 0.15) is 5.75 Å². The fraction of sp³-hybridized carbons (Fsp3) is 0.529. The number of fused-ring (bicyclic) bond motifs is 1. The van der Waals surface area contributed by atoms with Crippen LogP contribution in [0.2, 0.25) is 0 Å². The number of carbonyl (C=O) groups is 2. The molecular formula is C17H22O4. The van der Waals surface area contributed by atoms with Crippen LogP contribution < -0.4 is 4.74 Å². The first-order chi connectivity index (χ1) is 10.2. The van der Waals surface area contributed by atoms with Crippen LogP contribution in [0.15, 0.2) is 18.2 Å². The maximum absolute atomic E-state index is 11.9. The monoisotopic (exact) mass is 290 g/mol. The van der Waals surface area contributed by atoms with E-state index in [1.807, 2.05) is 18.2 Å². The minimum absolute atomic E-state index is 0.186. The highest BCUT2D eigenvalue weighted by molar-refractivity contribution is 5.97. The zero-order chi connectivity index (χ0) is 15.1. The SMILES string of the molecule is CCOC(=O)CCCOc1ccc2c(c1)CCCCC2=O. The molecule has 0 spiro atoms. The average Bonchev–Trinajstić information content (AvgIpc) is 2.66. The highest BCUT2D eigenvalue weighted by atomic mass is 16.5. The Labute approximate surface area is 125 Å². The molecule has 0 aliphatic heterocycles. The predicted molar refractivity (Wildman–Crippen MR) is 79.7 cm³/mol. The van der Waals surface area contributed by atoms with Crippen molar-refractivity contribution in [2.75, 3.05) is 13.2 Å². The van der Waals surface area contributed by atoms with E-state index in [0.717, 1.165) is 36.1 Å². The summed E-state index contributed by atoms with van der Waals surface area (Å²) in [7, 11) is 0. The zero-order valence-corrected chi connectivity index (χ0v) is 12.5. The Morgan fingerprint density at radius 1 is 1.24 bits per heavy atom. The fourth-order valence-corrected chi connectivity index (χ4v) is 2.51. The molecule has 0 heterocycles. The van der Waals surface area contributed by atoms with Crippen LogP contribution in [-0.4, -0.2) is 25.0 Å².